The maximum atomic E-state index is 8.61. The molecular formula is C8H13N3OS. The van der Waals surface area contributed by atoms with E-state index in [4.69, 9.17) is 5.11 Å². The average Bonchev–Trinajstić information content (AvgIpc) is 2.14. The van der Waals surface area contributed by atoms with Gasteiger partial charge in [0.2, 0.25) is 0 Å². The zero-order chi connectivity index (χ0) is 9.68. The standard InChI is InChI=1S/C8H13N3OS/c1-6-5-7(9-3-4-12)11-8(10-6)13-2/h5,12H,3-4H2,1-2H3,(H,9,10,11). The molecule has 13 heavy (non-hydrogen) atoms. The molecule has 0 amide bonds. The van der Waals surface area contributed by atoms with Gasteiger partial charge in [0.05, 0.1) is 6.61 Å². The number of aryl methyl sites for hydroxylation is 1. The van der Waals surface area contributed by atoms with Crippen LogP contribution in [0.1, 0.15) is 5.69 Å². The maximum Gasteiger partial charge on any atom is 0.189 e. The molecule has 0 aliphatic rings. The number of aromatic nitrogens is 2. The lowest BCUT2D eigenvalue weighted by atomic mass is 10.4. The first-order chi connectivity index (χ1) is 6.26. The van der Waals surface area contributed by atoms with Crippen molar-refractivity contribution in [1.29, 1.82) is 0 Å². The fraction of sp³-hybridized carbons (Fsp3) is 0.500. The zero-order valence-corrected chi connectivity index (χ0v) is 8.56. The number of hydrogen-bond acceptors (Lipinski definition) is 5. The number of nitrogens with one attached hydrogen (secondary N) is 1. The van der Waals surface area contributed by atoms with E-state index in [1.165, 1.54) is 11.8 Å². The third-order valence-corrected chi connectivity index (χ3v) is 1.98. The highest BCUT2D eigenvalue weighted by Gasteiger charge is 1.99. The molecule has 0 aliphatic carbocycles. The van der Waals surface area contributed by atoms with Gasteiger partial charge in [-0.3, -0.25) is 0 Å². The smallest absolute Gasteiger partial charge is 0.189 e. The molecule has 1 heterocycles. The van der Waals surface area contributed by atoms with Crippen molar-refractivity contribution < 1.29 is 5.11 Å². The molecule has 5 heteroatoms. The van der Waals surface area contributed by atoms with Crippen molar-refractivity contribution in [1.82, 2.24) is 9.97 Å². The molecule has 0 spiro atoms. The Hall–Kier alpha value is -0.810. The first-order valence-electron chi connectivity index (χ1n) is 4.00. The van der Waals surface area contributed by atoms with Crippen molar-refractivity contribution in [2.45, 2.75) is 12.1 Å². The summed E-state index contributed by atoms with van der Waals surface area (Å²) >= 11 is 1.51. The Morgan fingerprint density at radius 2 is 2.31 bits per heavy atom. The summed E-state index contributed by atoms with van der Waals surface area (Å²) in [6.45, 7) is 2.55. The predicted octanol–water partition coefficient (Wildman–Crippen LogP) is 0.911. The van der Waals surface area contributed by atoms with Gasteiger partial charge >= 0.3 is 0 Å². The molecule has 0 unspecified atom stereocenters. The van der Waals surface area contributed by atoms with Crippen LogP contribution >= 0.6 is 11.8 Å². The number of aliphatic hydroxyl groups is 1. The van der Waals surface area contributed by atoms with Gasteiger partial charge in [-0.15, -0.1) is 0 Å². The first-order valence-corrected chi connectivity index (χ1v) is 5.23. The van der Waals surface area contributed by atoms with Crippen molar-refractivity contribution in [3.63, 3.8) is 0 Å². The van der Waals surface area contributed by atoms with Crippen LogP contribution in [-0.2, 0) is 0 Å². The lowest BCUT2D eigenvalue weighted by Crippen LogP contribution is -2.08. The van der Waals surface area contributed by atoms with Gasteiger partial charge in [-0.1, -0.05) is 11.8 Å². The van der Waals surface area contributed by atoms with E-state index >= 15 is 0 Å². The molecular weight excluding hydrogens is 186 g/mol. The third kappa shape index (κ3) is 3.20. The number of aliphatic hydroxyl groups excluding tert-OH is 1. The van der Waals surface area contributed by atoms with Crippen molar-refractivity contribution >= 4 is 17.6 Å². The van der Waals surface area contributed by atoms with Crippen LogP contribution in [-0.4, -0.2) is 34.5 Å². The molecule has 0 radical (unpaired) electrons. The summed E-state index contributed by atoms with van der Waals surface area (Å²) in [7, 11) is 0. The van der Waals surface area contributed by atoms with Crippen molar-refractivity contribution in [2.24, 2.45) is 0 Å². The summed E-state index contributed by atoms with van der Waals surface area (Å²) in [5.41, 5.74) is 0.930. The molecule has 4 nitrogen and oxygen atoms in total. The van der Waals surface area contributed by atoms with E-state index in [9.17, 15) is 0 Å². The number of anilines is 1. The topological polar surface area (TPSA) is 58.0 Å². The molecule has 0 saturated carbocycles. The van der Waals surface area contributed by atoms with Crippen LogP contribution in [0.5, 0.6) is 0 Å². The van der Waals surface area contributed by atoms with E-state index in [-0.39, 0.29) is 6.61 Å². The van der Waals surface area contributed by atoms with Gasteiger partial charge in [-0.2, -0.15) is 0 Å². The molecule has 0 saturated heterocycles. The second-order valence-corrected chi connectivity index (χ2v) is 3.31. The van der Waals surface area contributed by atoms with E-state index in [1.54, 1.807) is 0 Å². The van der Waals surface area contributed by atoms with Crippen molar-refractivity contribution in [3.05, 3.63) is 11.8 Å². The highest BCUT2D eigenvalue weighted by atomic mass is 32.2. The Bertz CT molecular complexity index is 280. The largest absolute Gasteiger partial charge is 0.395 e. The summed E-state index contributed by atoms with van der Waals surface area (Å²) in [6.07, 6.45) is 1.94. The lowest BCUT2D eigenvalue weighted by Gasteiger charge is -2.05. The molecule has 0 atom stereocenters. The molecule has 1 rings (SSSR count). The summed E-state index contributed by atoms with van der Waals surface area (Å²) < 4.78 is 0. The van der Waals surface area contributed by atoms with Crippen LogP contribution in [0.2, 0.25) is 0 Å². The van der Waals surface area contributed by atoms with Gasteiger partial charge in [0.25, 0.3) is 0 Å². The second kappa shape index (κ2) is 5.04. The first kappa shape index (κ1) is 10.3. The molecule has 1 aromatic rings. The predicted molar refractivity (Wildman–Crippen MR) is 54.1 cm³/mol. The fourth-order valence-corrected chi connectivity index (χ4v) is 1.33. The van der Waals surface area contributed by atoms with Gasteiger partial charge in [-0.05, 0) is 13.2 Å². The molecule has 0 aromatic carbocycles. The van der Waals surface area contributed by atoms with Crippen molar-refractivity contribution in [2.75, 3.05) is 24.7 Å². The summed E-state index contributed by atoms with van der Waals surface area (Å²) in [6, 6.07) is 1.86. The summed E-state index contributed by atoms with van der Waals surface area (Å²) in [5, 5.41) is 12.4. The van der Waals surface area contributed by atoms with E-state index in [2.05, 4.69) is 15.3 Å². The molecule has 0 bridgehead atoms. The van der Waals surface area contributed by atoms with Crippen LogP contribution in [0.25, 0.3) is 0 Å². The molecule has 72 valence electrons. The molecule has 0 fully saturated rings. The summed E-state index contributed by atoms with van der Waals surface area (Å²) in [4.78, 5) is 8.43. The highest BCUT2D eigenvalue weighted by Crippen LogP contribution is 2.12. The van der Waals surface area contributed by atoms with Crippen LogP contribution in [0.15, 0.2) is 11.2 Å². The lowest BCUT2D eigenvalue weighted by molar-refractivity contribution is 0.311. The normalized spacial score (nSPS) is 10.1. The Morgan fingerprint density at radius 1 is 1.54 bits per heavy atom. The minimum absolute atomic E-state index is 0.109. The van der Waals surface area contributed by atoms with Crippen LogP contribution < -0.4 is 5.32 Å². The van der Waals surface area contributed by atoms with Crippen LogP contribution in [0.4, 0.5) is 5.82 Å². The highest BCUT2D eigenvalue weighted by molar-refractivity contribution is 7.98. The number of thioether (sulfide) groups is 1. The van der Waals surface area contributed by atoms with E-state index < -0.39 is 0 Å². The molecule has 0 aliphatic heterocycles. The maximum absolute atomic E-state index is 8.61. The average molecular weight is 199 g/mol. The minimum atomic E-state index is 0.109. The molecule has 2 N–H and O–H groups in total. The Morgan fingerprint density at radius 3 is 2.92 bits per heavy atom. The zero-order valence-electron chi connectivity index (χ0n) is 7.74. The number of rotatable bonds is 4. The second-order valence-electron chi connectivity index (χ2n) is 2.53. The molecule has 1 aromatic heterocycles. The van der Waals surface area contributed by atoms with Gasteiger partial charge in [0.15, 0.2) is 5.16 Å². The van der Waals surface area contributed by atoms with E-state index in [0.717, 1.165) is 16.7 Å². The van der Waals surface area contributed by atoms with Crippen molar-refractivity contribution in [3.8, 4) is 0 Å². The third-order valence-electron chi connectivity index (χ3n) is 1.43. The van der Waals surface area contributed by atoms with Gasteiger partial charge in [0, 0.05) is 18.3 Å². The Balaban J connectivity index is 2.76. The van der Waals surface area contributed by atoms with E-state index in [0.29, 0.717) is 6.54 Å². The number of hydrogen-bond donors (Lipinski definition) is 2. The van der Waals surface area contributed by atoms with Gasteiger partial charge in [-0.25, -0.2) is 9.97 Å². The van der Waals surface area contributed by atoms with Crippen LogP contribution in [0.3, 0.4) is 0 Å². The monoisotopic (exact) mass is 199 g/mol. The van der Waals surface area contributed by atoms with Gasteiger partial charge < -0.3 is 10.4 Å². The van der Waals surface area contributed by atoms with E-state index in [1.807, 2.05) is 19.2 Å². The summed E-state index contributed by atoms with van der Waals surface area (Å²) in [5.74, 6) is 0.769. The number of nitrogens with zero attached hydrogens (tertiary/aromatic N) is 2. The SMILES string of the molecule is CSc1nc(C)cc(NCCO)n1. The Labute approximate surface area is 81.8 Å². The van der Waals surface area contributed by atoms with Crippen LogP contribution in [0, 0.1) is 6.92 Å². The quantitative estimate of drug-likeness (QED) is 0.557. The minimum Gasteiger partial charge on any atom is -0.395 e. The van der Waals surface area contributed by atoms with Gasteiger partial charge in [0.1, 0.15) is 5.82 Å². The fourth-order valence-electron chi connectivity index (χ4n) is 0.907. The Kier molecular flexibility index (Phi) is 3.98.